The second-order valence-corrected chi connectivity index (χ2v) is 6.18. The molecule has 0 bridgehead atoms. The number of hydrogen-bond acceptors (Lipinski definition) is 6. The van der Waals surface area contributed by atoms with E-state index >= 15 is 0 Å². The van der Waals surface area contributed by atoms with Crippen molar-refractivity contribution in [3.8, 4) is 6.07 Å². The Morgan fingerprint density at radius 3 is 2.85 bits per heavy atom. The quantitative estimate of drug-likeness (QED) is 0.565. The normalized spacial score (nSPS) is 13.7. The van der Waals surface area contributed by atoms with Crippen molar-refractivity contribution in [3.05, 3.63) is 28.8 Å². The smallest absolute Gasteiger partial charge is 0.407 e. The predicted octanol–water partition coefficient (Wildman–Crippen LogP) is 2.27. The molecule has 0 spiro atoms. The molecule has 7 heteroatoms. The lowest BCUT2D eigenvalue weighted by Crippen LogP contribution is -2.39. The molecule has 0 unspecified atom stereocenters. The minimum Gasteiger partial charge on any atom is -0.450 e. The van der Waals surface area contributed by atoms with Crippen LogP contribution < -0.4 is 10.2 Å². The molecule has 1 aliphatic rings. The minimum absolute atomic E-state index is 0.239. The summed E-state index contributed by atoms with van der Waals surface area (Å²) < 4.78 is 9.90. The number of carbonyl (C=O) groups is 2. The molecule has 0 aliphatic carbocycles. The first-order valence-corrected chi connectivity index (χ1v) is 8.80. The number of alkyl carbamates (subject to hydrolysis) is 1. The highest BCUT2D eigenvalue weighted by Gasteiger charge is 2.26. The number of fused-ring (bicyclic) bond motifs is 1. The molecule has 0 fully saturated rings. The van der Waals surface area contributed by atoms with Crippen molar-refractivity contribution >= 4 is 17.6 Å². The number of ketones is 1. The van der Waals surface area contributed by atoms with Gasteiger partial charge in [0.15, 0.2) is 5.78 Å². The van der Waals surface area contributed by atoms with E-state index in [2.05, 4.69) is 16.3 Å². The number of benzene rings is 1. The molecule has 1 heterocycles. The number of Topliss-reactive ketones (excluding diaryl/α,β-unsaturated/α-hetero) is 1. The Kier molecular flexibility index (Phi) is 6.98. The average Bonchev–Trinajstić information content (AvgIpc) is 3.03. The Morgan fingerprint density at radius 2 is 2.19 bits per heavy atom. The lowest BCUT2D eigenvalue weighted by atomic mass is 9.98. The van der Waals surface area contributed by atoms with E-state index in [1.54, 1.807) is 27.0 Å². The van der Waals surface area contributed by atoms with E-state index in [9.17, 15) is 14.9 Å². The Balaban J connectivity index is 2.19. The number of amides is 1. The predicted molar refractivity (Wildman–Crippen MR) is 97.5 cm³/mol. The summed E-state index contributed by atoms with van der Waals surface area (Å²) in [5.41, 5.74) is 2.83. The van der Waals surface area contributed by atoms with Crippen LogP contribution in [0.2, 0.25) is 0 Å². The Hall–Kier alpha value is -2.59. The van der Waals surface area contributed by atoms with Crippen LogP contribution in [0.25, 0.3) is 0 Å². The van der Waals surface area contributed by atoms with Crippen molar-refractivity contribution in [1.82, 2.24) is 5.32 Å². The van der Waals surface area contributed by atoms with Crippen molar-refractivity contribution in [3.63, 3.8) is 0 Å². The van der Waals surface area contributed by atoms with Gasteiger partial charge in [0.25, 0.3) is 0 Å². The van der Waals surface area contributed by atoms with Crippen LogP contribution in [0.1, 0.15) is 41.8 Å². The van der Waals surface area contributed by atoms with Gasteiger partial charge in [-0.1, -0.05) is 0 Å². The van der Waals surface area contributed by atoms with Gasteiger partial charge in [0.2, 0.25) is 0 Å². The van der Waals surface area contributed by atoms with Gasteiger partial charge >= 0.3 is 6.09 Å². The van der Waals surface area contributed by atoms with E-state index in [-0.39, 0.29) is 12.4 Å². The molecule has 7 nitrogen and oxygen atoms in total. The highest BCUT2D eigenvalue weighted by Crippen LogP contribution is 2.33. The van der Waals surface area contributed by atoms with Gasteiger partial charge in [0.1, 0.15) is 6.07 Å². The van der Waals surface area contributed by atoms with Crippen LogP contribution in [0.5, 0.6) is 0 Å². The molecule has 1 aliphatic heterocycles. The SMILES string of the molecule is CCOC(=O)N[C@H](C)C(=O)c1cc(C#N)c2c(c1)CCN2CCCOC. The number of hydrogen-bond donors (Lipinski definition) is 1. The maximum Gasteiger partial charge on any atom is 0.407 e. The zero-order valence-corrected chi connectivity index (χ0v) is 15.5. The Labute approximate surface area is 153 Å². The summed E-state index contributed by atoms with van der Waals surface area (Å²) in [6.45, 7) is 5.84. The van der Waals surface area contributed by atoms with Crippen LogP contribution >= 0.6 is 0 Å². The molecule has 26 heavy (non-hydrogen) atoms. The summed E-state index contributed by atoms with van der Waals surface area (Å²) in [5.74, 6) is -0.241. The molecule has 1 amide bonds. The van der Waals surface area contributed by atoms with Crippen LogP contribution in [0.15, 0.2) is 12.1 Å². The molecule has 0 saturated carbocycles. The fourth-order valence-electron chi connectivity index (χ4n) is 3.14. The van der Waals surface area contributed by atoms with Gasteiger partial charge in [-0.15, -0.1) is 0 Å². The van der Waals surface area contributed by atoms with E-state index in [4.69, 9.17) is 9.47 Å². The monoisotopic (exact) mass is 359 g/mol. The highest BCUT2D eigenvalue weighted by atomic mass is 16.5. The number of carbonyl (C=O) groups excluding carboxylic acids is 2. The van der Waals surface area contributed by atoms with Gasteiger partial charge < -0.3 is 19.7 Å². The third kappa shape index (κ3) is 4.52. The number of nitrogens with zero attached hydrogens (tertiary/aromatic N) is 2. The summed E-state index contributed by atoms with van der Waals surface area (Å²) in [6.07, 6.45) is 1.04. The first kappa shape index (κ1) is 19.7. The van der Waals surface area contributed by atoms with E-state index in [1.165, 1.54) is 0 Å². The van der Waals surface area contributed by atoms with Crippen LogP contribution in [0, 0.1) is 11.3 Å². The van der Waals surface area contributed by atoms with Crippen LogP contribution in [-0.2, 0) is 15.9 Å². The second-order valence-electron chi connectivity index (χ2n) is 6.18. The topological polar surface area (TPSA) is 91.7 Å². The molecule has 0 aromatic heterocycles. The van der Waals surface area contributed by atoms with Crippen molar-refractivity contribution < 1.29 is 19.1 Å². The number of anilines is 1. The van der Waals surface area contributed by atoms with Gasteiger partial charge in [-0.25, -0.2) is 4.79 Å². The third-order valence-corrected chi connectivity index (χ3v) is 4.34. The summed E-state index contributed by atoms with van der Waals surface area (Å²) in [4.78, 5) is 26.3. The molecule has 0 saturated heterocycles. The Bertz CT molecular complexity index is 711. The van der Waals surface area contributed by atoms with Gasteiger partial charge in [0.05, 0.1) is 23.9 Å². The van der Waals surface area contributed by atoms with Gasteiger partial charge in [-0.05, 0) is 44.4 Å². The van der Waals surface area contributed by atoms with E-state index < -0.39 is 12.1 Å². The lowest BCUT2D eigenvalue weighted by molar-refractivity contribution is 0.0933. The number of nitriles is 1. The highest BCUT2D eigenvalue weighted by molar-refractivity contribution is 6.02. The summed E-state index contributed by atoms with van der Waals surface area (Å²) in [7, 11) is 1.67. The standard InChI is InChI=1S/C19H25N3O4/c1-4-26-19(24)21-13(2)18(23)15-10-14-6-8-22(7-5-9-25-3)17(14)16(11-15)12-20/h10-11,13H,4-9H2,1-3H3,(H,21,24)/t13-/m1/s1. The van der Waals surface area contributed by atoms with Gasteiger partial charge in [0, 0.05) is 32.4 Å². The van der Waals surface area contributed by atoms with E-state index in [1.807, 2.05) is 6.07 Å². The second kappa shape index (κ2) is 9.20. The van der Waals surface area contributed by atoms with Crippen molar-refractivity contribution in [1.29, 1.82) is 5.26 Å². The van der Waals surface area contributed by atoms with Crippen LogP contribution in [-0.4, -0.2) is 51.3 Å². The summed E-state index contributed by atoms with van der Waals surface area (Å²) in [6, 6.07) is 4.92. The van der Waals surface area contributed by atoms with E-state index in [0.717, 1.165) is 37.2 Å². The van der Waals surface area contributed by atoms with E-state index in [0.29, 0.717) is 17.7 Å². The fourth-order valence-corrected chi connectivity index (χ4v) is 3.14. The van der Waals surface area contributed by atoms with Crippen molar-refractivity contribution in [2.45, 2.75) is 32.7 Å². The zero-order valence-electron chi connectivity index (χ0n) is 15.5. The molecule has 1 atom stereocenters. The average molecular weight is 359 g/mol. The maximum absolute atomic E-state index is 12.6. The molecule has 1 N–H and O–H groups in total. The van der Waals surface area contributed by atoms with Crippen molar-refractivity contribution in [2.24, 2.45) is 0 Å². The first-order chi connectivity index (χ1) is 12.5. The van der Waals surface area contributed by atoms with Gasteiger partial charge in [-0.2, -0.15) is 5.26 Å². The third-order valence-electron chi connectivity index (χ3n) is 4.34. The molecule has 0 radical (unpaired) electrons. The zero-order chi connectivity index (χ0) is 19.1. The lowest BCUT2D eigenvalue weighted by Gasteiger charge is -2.21. The molecule has 1 aromatic rings. The number of nitrogens with one attached hydrogen (secondary N) is 1. The maximum atomic E-state index is 12.6. The number of rotatable bonds is 8. The molecule has 2 rings (SSSR count). The van der Waals surface area contributed by atoms with Crippen LogP contribution in [0.3, 0.4) is 0 Å². The minimum atomic E-state index is -0.724. The Morgan fingerprint density at radius 1 is 1.42 bits per heavy atom. The largest absolute Gasteiger partial charge is 0.450 e. The number of ether oxygens (including phenoxy) is 2. The summed E-state index contributed by atoms with van der Waals surface area (Å²) >= 11 is 0. The summed E-state index contributed by atoms with van der Waals surface area (Å²) in [5, 5.41) is 12.1. The molecule has 140 valence electrons. The van der Waals surface area contributed by atoms with Crippen LogP contribution in [0.4, 0.5) is 10.5 Å². The fraction of sp³-hybridized carbons (Fsp3) is 0.526. The molecular formula is C19H25N3O4. The first-order valence-electron chi connectivity index (χ1n) is 8.80. The van der Waals surface area contributed by atoms with Crippen molar-refractivity contribution in [2.75, 3.05) is 38.3 Å². The molecular weight excluding hydrogens is 334 g/mol. The number of methoxy groups -OCH3 is 1. The molecule has 1 aromatic carbocycles. The van der Waals surface area contributed by atoms with Gasteiger partial charge in [-0.3, -0.25) is 4.79 Å².